The molecule has 0 spiro atoms. The van der Waals surface area contributed by atoms with Crippen LogP contribution in [0.2, 0.25) is 0 Å². The molecule has 1 fully saturated rings. The number of aliphatic hydroxyl groups is 1. The maximum absolute atomic E-state index is 9.35. The van der Waals surface area contributed by atoms with Crippen molar-refractivity contribution in [2.24, 2.45) is 11.3 Å². The third kappa shape index (κ3) is 4.49. The van der Waals surface area contributed by atoms with Crippen molar-refractivity contribution in [2.75, 3.05) is 19.6 Å². The predicted molar refractivity (Wildman–Crippen MR) is 63.9 cm³/mol. The van der Waals surface area contributed by atoms with Gasteiger partial charge in [-0.05, 0) is 24.3 Å². The highest BCUT2D eigenvalue weighted by atomic mass is 16.3. The Kier molecular flexibility index (Phi) is 4.56. The van der Waals surface area contributed by atoms with Crippen LogP contribution in [0.3, 0.4) is 0 Å². The lowest BCUT2D eigenvalue weighted by atomic mass is 9.82. The normalized spacial score (nSPS) is 29.4. The summed E-state index contributed by atoms with van der Waals surface area (Å²) >= 11 is 0. The van der Waals surface area contributed by atoms with E-state index in [1.165, 1.54) is 0 Å². The summed E-state index contributed by atoms with van der Waals surface area (Å²) in [6, 6.07) is 0.451. The van der Waals surface area contributed by atoms with Gasteiger partial charge in [0.25, 0.3) is 0 Å². The van der Waals surface area contributed by atoms with Gasteiger partial charge in [0.15, 0.2) is 0 Å². The summed E-state index contributed by atoms with van der Waals surface area (Å²) < 4.78 is 0. The Morgan fingerprint density at radius 1 is 1.47 bits per heavy atom. The van der Waals surface area contributed by atoms with Crippen LogP contribution in [0.15, 0.2) is 0 Å². The number of β-amino-alcohol motifs (C(OH)–C–C–N with tert-alkyl or cyclic N) is 1. The fraction of sp³-hybridized carbons (Fsp3) is 1.00. The van der Waals surface area contributed by atoms with Crippen LogP contribution in [0, 0.1) is 11.3 Å². The van der Waals surface area contributed by atoms with Crippen molar-refractivity contribution < 1.29 is 5.11 Å². The molecule has 1 saturated heterocycles. The molecule has 0 amide bonds. The molecule has 0 aromatic heterocycles. The molecular formula is C12H26N2O. The Morgan fingerprint density at radius 2 is 2.13 bits per heavy atom. The van der Waals surface area contributed by atoms with Crippen molar-refractivity contribution in [1.82, 2.24) is 10.6 Å². The van der Waals surface area contributed by atoms with Gasteiger partial charge in [-0.25, -0.2) is 0 Å². The van der Waals surface area contributed by atoms with Crippen LogP contribution in [-0.2, 0) is 0 Å². The maximum atomic E-state index is 9.35. The summed E-state index contributed by atoms with van der Waals surface area (Å²) in [5.41, 5.74) is 0.371. The van der Waals surface area contributed by atoms with Gasteiger partial charge >= 0.3 is 0 Å². The highest BCUT2D eigenvalue weighted by Crippen LogP contribution is 2.24. The lowest BCUT2D eigenvalue weighted by Gasteiger charge is -2.28. The minimum absolute atomic E-state index is 0.142. The van der Waals surface area contributed by atoms with Crippen LogP contribution in [0.1, 0.15) is 34.1 Å². The molecular weight excluding hydrogens is 188 g/mol. The third-order valence-corrected chi connectivity index (χ3v) is 3.52. The minimum Gasteiger partial charge on any atom is -0.392 e. The van der Waals surface area contributed by atoms with Crippen molar-refractivity contribution in [1.29, 1.82) is 0 Å². The standard InChI is InChI=1S/C12H26N2O/c1-9(12(2,3)4)6-13-7-10-5-11(15)8-14-10/h9-11,13-15H,5-8H2,1-4H3. The molecule has 0 saturated carbocycles. The first-order chi connectivity index (χ1) is 6.89. The van der Waals surface area contributed by atoms with E-state index < -0.39 is 0 Å². The van der Waals surface area contributed by atoms with Crippen molar-refractivity contribution in [3.63, 3.8) is 0 Å². The number of nitrogens with one attached hydrogen (secondary N) is 2. The summed E-state index contributed by atoms with van der Waals surface area (Å²) in [5.74, 6) is 0.670. The largest absolute Gasteiger partial charge is 0.392 e. The molecule has 90 valence electrons. The molecule has 1 aliphatic rings. The Balaban J connectivity index is 2.11. The molecule has 0 radical (unpaired) electrons. The molecule has 1 aliphatic heterocycles. The van der Waals surface area contributed by atoms with E-state index in [-0.39, 0.29) is 6.10 Å². The fourth-order valence-electron chi connectivity index (χ4n) is 1.73. The minimum atomic E-state index is -0.142. The SMILES string of the molecule is CC(CNCC1CC(O)CN1)C(C)(C)C. The average Bonchev–Trinajstić information content (AvgIpc) is 2.49. The third-order valence-electron chi connectivity index (χ3n) is 3.52. The van der Waals surface area contributed by atoms with Crippen LogP contribution in [0.4, 0.5) is 0 Å². The van der Waals surface area contributed by atoms with E-state index in [2.05, 4.69) is 38.3 Å². The Morgan fingerprint density at radius 3 is 2.60 bits per heavy atom. The number of hydrogen-bond donors (Lipinski definition) is 3. The molecule has 0 aromatic carbocycles. The zero-order valence-electron chi connectivity index (χ0n) is 10.5. The maximum Gasteiger partial charge on any atom is 0.0680 e. The molecule has 3 N–H and O–H groups in total. The highest BCUT2D eigenvalue weighted by Gasteiger charge is 2.23. The zero-order valence-corrected chi connectivity index (χ0v) is 10.5. The van der Waals surface area contributed by atoms with E-state index in [0.29, 0.717) is 17.4 Å². The Hall–Kier alpha value is -0.120. The van der Waals surface area contributed by atoms with Gasteiger partial charge in [0, 0.05) is 19.1 Å². The molecule has 1 rings (SSSR count). The molecule has 3 heteroatoms. The van der Waals surface area contributed by atoms with Gasteiger partial charge in [0.1, 0.15) is 0 Å². The van der Waals surface area contributed by atoms with E-state index >= 15 is 0 Å². The first-order valence-electron chi connectivity index (χ1n) is 6.01. The predicted octanol–water partition coefficient (Wildman–Crippen LogP) is 0.981. The molecule has 0 bridgehead atoms. The number of aliphatic hydroxyl groups excluding tert-OH is 1. The summed E-state index contributed by atoms with van der Waals surface area (Å²) in [7, 11) is 0. The van der Waals surface area contributed by atoms with Gasteiger partial charge in [0.05, 0.1) is 6.10 Å². The second-order valence-corrected chi connectivity index (χ2v) is 5.92. The Bertz CT molecular complexity index is 189. The van der Waals surface area contributed by atoms with Gasteiger partial charge < -0.3 is 15.7 Å². The molecule has 15 heavy (non-hydrogen) atoms. The molecule has 0 aromatic rings. The van der Waals surface area contributed by atoms with Crippen molar-refractivity contribution in [3.05, 3.63) is 0 Å². The molecule has 3 nitrogen and oxygen atoms in total. The van der Waals surface area contributed by atoms with Crippen LogP contribution < -0.4 is 10.6 Å². The first-order valence-corrected chi connectivity index (χ1v) is 6.01. The van der Waals surface area contributed by atoms with Gasteiger partial charge in [-0.3, -0.25) is 0 Å². The quantitative estimate of drug-likeness (QED) is 0.654. The molecule has 0 aliphatic carbocycles. The number of rotatable bonds is 4. The second kappa shape index (κ2) is 5.28. The van der Waals surface area contributed by atoms with Crippen molar-refractivity contribution >= 4 is 0 Å². The summed E-state index contributed by atoms with van der Waals surface area (Å²) in [4.78, 5) is 0. The van der Waals surface area contributed by atoms with Gasteiger partial charge in [-0.1, -0.05) is 27.7 Å². The molecule has 1 heterocycles. The molecule has 3 atom stereocenters. The van der Waals surface area contributed by atoms with E-state index in [1.807, 2.05) is 0 Å². The van der Waals surface area contributed by atoms with Crippen molar-refractivity contribution in [2.45, 2.75) is 46.3 Å². The Labute approximate surface area is 93.6 Å². The topological polar surface area (TPSA) is 44.3 Å². The van der Waals surface area contributed by atoms with Crippen molar-refractivity contribution in [3.8, 4) is 0 Å². The van der Waals surface area contributed by atoms with Crippen LogP contribution in [-0.4, -0.2) is 36.9 Å². The summed E-state index contributed by atoms with van der Waals surface area (Å²) in [6.07, 6.45) is 0.744. The first kappa shape index (κ1) is 12.9. The number of hydrogen-bond acceptors (Lipinski definition) is 3. The van der Waals surface area contributed by atoms with Gasteiger partial charge in [-0.2, -0.15) is 0 Å². The van der Waals surface area contributed by atoms with Crippen LogP contribution in [0.25, 0.3) is 0 Å². The van der Waals surface area contributed by atoms with E-state index in [1.54, 1.807) is 0 Å². The van der Waals surface area contributed by atoms with Gasteiger partial charge in [-0.15, -0.1) is 0 Å². The van der Waals surface area contributed by atoms with Crippen LogP contribution >= 0.6 is 0 Å². The monoisotopic (exact) mass is 214 g/mol. The highest BCUT2D eigenvalue weighted by molar-refractivity contribution is 4.83. The smallest absolute Gasteiger partial charge is 0.0680 e. The zero-order chi connectivity index (χ0) is 11.5. The second-order valence-electron chi connectivity index (χ2n) is 5.92. The summed E-state index contributed by atoms with van der Waals surface area (Å²) in [6.45, 7) is 11.9. The van der Waals surface area contributed by atoms with E-state index in [0.717, 1.165) is 26.1 Å². The van der Waals surface area contributed by atoms with E-state index in [4.69, 9.17) is 0 Å². The lowest BCUT2D eigenvalue weighted by Crippen LogP contribution is -2.38. The lowest BCUT2D eigenvalue weighted by molar-refractivity contribution is 0.192. The van der Waals surface area contributed by atoms with E-state index in [9.17, 15) is 5.11 Å². The molecule has 3 unspecified atom stereocenters. The summed E-state index contributed by atoms with van der Waals surface area (Å²) in [5, 5.41) is 16.1. The van der Waals surface area contributed by atoms with Gasteiger partial charge in [0.2, 0.25) is 0 Å². The fourth-order valence-corrected chi connectivity index (χ4v) is 1.73. The average molecular weight is 214 g/mol. The van der Waals surface area contributed by atoms with Crippen LogP contribution in [0.5, 0.6) is 0 Å².